The number of hydrogen-bond donors (Lipinski definition) is 1. The van der Waals surface area contributed by atoms with E-state index in [1.165, 1.54) is 0 Å². The third-order valence-electron chi connectivity index (χ3n) is 5.55. The summed E-state index contributed by atoms with van der Waals surface area (Å²) >= 11 is 0. The Hall–Kier alpha value is -2.08. The molecule has 26 heavy (non-hydrogen) atoms. The van der Waals surface area contributed by atoms with Crippen molar-refractivity contribution in [1.29, 1.82) is 0 Å². The Labute approximate surface area is 155 Å². The van der Waals surface area contributed by atoms with Crippen LogP contribution in [0.1, 0.15) is 31.2 Å². The highest BCUT2D eigenvalue weighted by Crippen LogP contribution is 2.38. The zero-order chi connectivity index (χ0) is 18.4. The number of urea groups is 1. The minimum Gasteiger partial charge on any atom is -0.383 e. The maximum atomic E-state index is 12.6. The SMILES string of the molecule is COCCN1C[C@]2(CCCN(C(=O)NCc3ccccc3)C2)CCC1=O. The molecule has 1 N–H and O–H groups in total. The Morgan fingerprint density at radius 1 is 1.23 bits per heavy atom. The fraction of sp³-hybridized carbons (Fsp3) is 0.600. The van der Waals surface area contributed by atoms with Crippen LogP contribution in [-0.2, 0) is 16.1 Å². The molecule has 6 nitrogen and oxygen atoms in total. The summed E-state index contributed by atoms with van der Waals surface area (Å²) in [4.78, 5) is 28.7. The Bertz CT molecular complexity index is 622. The molecule has 0 aromatic heterocycles. The number of methoxy groups -OCH3 is 1. The summed E-state index contributed by atoms with van der Waals surface area (Å²) in [5.74, 6) is 0.207. The van der Waals surface area contributed by atoms with Crippen molar-refractivity contribution in [3.05, 3.63) is 35.9 Å². The second kappa shape index (κ2) is 8.54. The van der Waals surface area contributed by atoms with Crippen LogP contribution in [-0.4, -0.2) is 61.6 Å². The lowest BCUT2D eigenvalue weighted by Gasteiger charge is -2.48. The molecule has 2 heterocycles. The van der Waals surface area contributed by atoms with Crippen molar-refractivity contribution >= 4 is 11.9 Å². The summed E-state index contributed by atoms with van der Waals surface area (Å²) in [7, 11) is 1.66. The maximum Gasteiger partial charge on any atom is 0.317 e. The molecule has 1 spiro atoms. The van der Waals surface area contributed by atoms with Crippen molar-refractivity contribution in [3.8, 4) is 0 Å². The van der Waals surface area contributed by atoms with E-state index in [0.29, 0.717) is 26.1 Å². The lowest BCUT2D eigenvalue weighted by atomic mass is 9.73. The Morgan fingerprint density at radius 2 is 2.04 bits per heavy atom. The molecular formula is C20H29N3O3. The first-order chi connectivity index (χ1) is 12.6. The molecule has 1 aromatic rings. The van der Waals surface area contributed by atoms with Gasteiger partial charge in [0.25, 0.3) is 0 Å². The molecular weight excluding hydrogens is 330 g/mol. The second-order valence-electron chi connectivity index (χ2n) is 7.48. The fourth-order valence-corrected chi connectivity index (χ4v) is 4.11. The number of benzene rings is 1. The second-order valence-corrected chi connectivity index (χ2v) is 7.48. The number of carbonyl (C=O) groups excluding carboxylic acids is 2. The molecule has 2 aliphatic rings. The third-order valence-corrected chi connectivity index (χ3v) is 5.55. The van der Waals surface area contributed by atoms with Gasteiger partial charge in [-0.3, -0.25) is 4.79 Å². The van der Waals surface area contributed by atoms with Crippen LogP contribution in [0.4, 0.5) is 4.79 Å². The summed E-state index contributed by atoms with van der Waals surface area (Å²) in [5, 5.41) is 3.03. The van der Waals surface area contributed by atoms with Gasteiger partial charge in [0.2, 0.25) is 5.91 Å². The highest BCUT2D eigenvalue weighted by Gasteiger charge is 2.42. The van der Waals surface area contributed by atoms with Gasteiger partial charge in [-0.15, -0.1) is 0 Å². The number of hydrogen-bond acceptors (Lipinski definition) is 3. The van der Waals surface area contributed by atoms with Gasteiger partial charge in [0.1, 0.15) is 0 Å². The maximum absolute atomic E-state index is 12.6. The molecule has 0 unspecified atom stereocenters. The molecule has 2 fully saturated rings. The van der Waals surface area contributed by atoms with Crippen molar-refractivity contribution in [1.82, 2.24) is 15.1 Å². The fourth-order valence-electron chi connectivity index (χ4n) is 4.11. The van der Waals surface area contributed by atoms with Crippen molar-refractivity contribution in [3.63, 3.8) is 0 Å². The summed E-state index contributed by atoms with van der Waals surface area (Å²) in [6.45, 7) is 3.98. The Balaban J connectivity index is 1.57. The van der Waals surface area contributed by atoms with Gasteiger partial charge >= 0.3 is 6.03 Å². The number of rotatable bonds is 5. The Morgan fingerprint density at radius 3 is 2.81 bits per heavy atom. The largest absolute Gasteiger partial charge is 0.383 e. The first-order valence-electron chi connectivity index (χ1n) is 9.45. The van der Waals surface area contributed by atoms with E-state index >= 15 is 0 Å². The molecule has 0 radical (unpaired) electrons. The molecule has 0 saturated carbocycles. The molecule has 6 heteroatoms. The molecule has 3 amide bonds. The van der Waals surface area contributed by atoms with E-state index in [1.54, 1.807) is 7.11 Å². The highest BCUT2D eigenvalue weighted by molar-refractivity contribution is 5.77. The van der Waals surface area contributed by atoms with Crippen LogP contribution in [0.25, 0.3) is 0 Å². The van der Waals surface area contributed by atoms with E-state index < -0.39 is 0 Å². The standard InChI is InChI=1S/C20H29N3O3/c1-26-13-12-22-15-20(10-8-18(22)24)9-5-11-23(16-20)19(25)21-14-17-6-3-2-4-7-17/h2-4,6-7H,5,8-16H2,1H3,(H,21,25)/t20-/m0/s1. The first kappa shape index (κ1) is 18.7. The lowest BCUT2D eigenvalue weighted by molar-refractivity contribution is -0.139. The van der Waals surface area contributed by atoms with Gasteiger partial charge in [0.15, 0.2) is 0 Å². The lowest BCUT2D eigenvalue weighted by Crippen LogP contribution is -2.56. The first-order valence-corrected chi connectivity index (χ1v) is 9.45. The summed E-state index contributed by atoms with van der Waals surface area (Å²) < 4.78 is 5.13. The zero-order valence-electron chi connectivity index (χ0n) is 15.6. The number of amides is 3. The number of ether oxygens (including phenoxy) is 1. The minimum absolute atomic E-state index is 0.00623. The Kier molecular flexibility index (Phi) is 6.14. The van der Waals surface area contributed by atoms with Gasteiger partial charge in [-0.25, -0.2) is 4.79 Å². The average Bonchev–Trinajstić information content (AvgIpc) is 2.68. The monoisotopic (exact) mass is 359 g/mol. The van der Waals surface area contributed by atoms with Gasteiger partial charge in [0.05, 0.1) is 6.61 Å². The highest BCUT2D eigenvalue weighted by atomic mass is 16.5. The zero-order valence-corrected chi connectivity index (χ0v) is 15.6. The average molecular weight is 359 g/mol. The quantitative estimate of drug-likeness (QED) is 0.877. The summed E-state index contributed by atoms with van der Waals surface area (Å²) in [6, 6.07) is 9.94. The molecule has 0 bridgehead atoms. The van der Waals surface area contributed by atoms with Crippen LogP contribution in [0.3, 0.4) is 0 Å². The van der Waals surface area contributed by atoms with E-state index in [0.717, 1.165) is 44.5 Å². The van der Waals surface area contributed by atoms with Crippen LogP contribution in [0.2, 0.25) is 0 Å². The molecule has 1 atom stereocenters. The van der Waals surface area contributed by atoms with Crippen LogP contribution in [0.5, 0.6) is 0 Å². The van der Waals surface area contributed by atoms with Crippen molar-refractivity contribution in [2.75, 3.05) is 39.9 Å². The smallest absolute Gasteiger partial charge is 0.317 e. The minimum atomic E-state index is -0.00623. The van der Waals surface area contributed by atoms with Crippen LogP contribution in [0, 0.1) is 5.41 Å². The van der Waals surface area contributed by atoms with Gasteiger partial charge in [-0.05, 0) is 24.8 Å². The van der Waals surface area contributed by atoms with E-state index in [4.69, 9.17) is 4.74 Å². The van der Waals surface area contributed by atoms with E-state index in [2.05, 4.69) is 5.32 Å². The van der Waals surface area contributed by atoms with Gasteiger partial charge in [-0.2, -0.15) is 0 Å². The van der Waals surface area contributed by atoms with Crippen LogP contribution in [0.15, 0.2) is 30.3 Å². The summed E-state index contributed by atoms with van der Waals surface area (Å²) in [5.41, 5.74) is 1.13. The van der Waals surface area contributed by atoms with E-state index in [-0.39, 0.29) is 17.4 Å². The normalized spacial score (nSPS) is 23.3. The van der Waals surface area contributed by atoms with Crippen molar-refractivity contribution < 1.29 is 14.3 Å². The van der Waals surface area contributed by atoms with Gasteiger partial charge in [-0.1, -0.05) is 30.3 Å². The number of likely N-dealkylation sites (tertiary alicyclic amines) is 2. The van der Waals surface area contributed by atoms with Gasteiger partial charge < -0.3 is 19.9 Å². The van der Waals surface area contributed by atoms with Crippen LogP contribution < -0.4 is 5.32 Å². The number of nitrogens with zero attached hydrogens (tertiary/aromatic N) is 2. The number of piperidine rings is 2. The topological polar surface area (TPSA) is 61.9 Å². The van der Waals surface area contributed by atoms with E-state index in [9.17, 15) is 9.59 Å². The van der Waals surface area contributed by atoms with Gasteiger partial charge in [0, 0.05) is 51.7 Å². The molecule has 0 aliphatic carbocycles. The number of nitrogens with one attached hydrogen (secondary N) is 1. The molecule has 3 rings (SSSR count). The van der Waals surface area contributed by atoms with Crippen molar-refractivity contribution in [2.45, 2.75) is 32.2 Å². The predicted molar refractivity (Wildman–Crippen MR) is 99.6 cm³/mol. The molecule has 2 saturated heterocycles. The number of carbonyl (C=O) groups is 2. The molecule has 2 aliphatic heterocycles. The van der Waals surface area contributed by atoms with E-state index in [1.807, 2.05) is 40.1 Å². The molecule has 142 valence electrons. The summed E-state index contributed by atoms with van der Waals surface area (Å²) in [6.07, 6.45) is 3.51. The predicted octanol–water partition coefficient (Wildman–Crippen LogP) is 2.25. The van der Waals surface area contributed by atoms with Crippen LogP contribution >= 0.6 is 0 Å². The molecule has 1 aromatic carbocycles. The third kappa shape index (κ3) is 4.55. The van der Waals surface area contributed by atoms with Crippen molar-refractivity contribution in [2.24, 2.45) is 5.41 Å².